The minimum atomic E-state index is -0.609. The fraction of sp³-hybridized carbons (Fsp3) is 0.543. The second-order valence-corrected chi connectivity index (χ2v) is 13.7. The second kappa shape index (κ2) is 12.6. The van der Waals surface area contributed by atoms with Gasteiger partial charge in [-0.1, -0.05) is 36.4 Å². The average molecular weight is 626 g/mol. The molecule has 242 valence electrons. The minimum absolute atomic E-state index is 0.213. The van der Waals surface area contributed by atoms with Crippen LogP contribution in [0.4, 0.5) is 16.3 Å². The van der Waals surface area contributed by atoms with E-state index in [2.05, 4.69) is 63.2 Å². The van der Waals surface area contributed by atoms with Gasteiger partial charge in [0.05, 0.1) is 56.1 Å². The lowest BCUT2D eigenvalue weighted by Gasteiger charge is -2.55. The molecule has 3 fully saturated rings. The Morgan fingerprint density at radius 2 is 1.91 bits per heavy atom. The lowest BCUT2D eigenvalue weighted by molar-refractivity contribution is -0.214. The Morgan fingerprint density at radius 3 is 2.67 bits per heavy atom. The number of hydrogen-bond donors (Lipinski definition) is 0. The highest BCUT2D eigenvalue weighted by Gasteiger charge is 2.46. The van der Waals surface area contributed by atoms with Crippen LogP contribution in [0.1, 0.15) is 44.9 Å². The van der Waals surface area contributed by atoms with Gasteiger partial charge in [0.1, 0.15) is 11.4 Å². The number of aromatic nitrogens is 2. The normalized spacial score (nSPS) is 22.7. The summed E-state index contributed by atoms with van der Waals surface area (Å²) < 4.78 is 17.5. The first-order chi connectivity index (χ1) is 22.3. The van der Waals surface area contributed by atoms with E-state index < -0.39 is 5.60 Å². The smallest absolute Gasteiger partial charge is 0.410 e. The predicted octanol–water partition coefficient (Wildman–Crippen LogP) is 4.38. The van der Waals surface area contributed by atoms with Crippen LogP contribution in [0.3, 0.4) is 0 Å². The maximum Gasteiger partial charge on any atom is 0.410 e. The number of likely N-dealkylation sites (tertiary alicyclic amines) is 1. The molecule has 2 aromatic carbocycles. The number of anilines is 2. The van der Waals surface area contributed by atoms with Gasteiger partial charge in [0.2, 0.25) is 0 Å². The van der Waals surface area contributed by atoms with E-state index >= 15 is 0 Å². The molecule has 0 radical (unpaired) electrons. The molecule has 11 heteroatoms. The van der Waals surface area contributed by atoms with Gasteiger partial charge in [0.25, 0.3) is 0 Å². The molecular weight excluding hydrogens is 582 g/mol. The van der Waals surface area contributed by atoms with Crippen molar-refractivity contribution in [3.63, 3.8) is 0 Å². The van der Waals surface area contributed by atoms with Gasteiger partial charge in [0.15, 0.2) is 0 Å². The van der Waals surface area contributed by atoms with E-state index in [1.165, 1.54) is 16.5 Å². The molecule has 0 bridgehead atoms. The van der Waals surface area contributed by atoms with Crippen LogP contribution in [0.25, 0.3) is 10.8 Å². The Kier molecular flexibility index (Phi) is 8.34. The van der Waals surface area contributed by atoms with Gasteiger partial charge in [-0.15, -0.1) is 0 Å². The van der Waals surface area contributed by atoms with Crippen LogP contribution in [0.5, 0.6) is 6.01 Å². The number of rotatable bonds is 8. The number of piperazine rings is 1. The first-order valence-electron chi connectivity index (χ1n) is 16.5. The molecule has 3 saturated heterocycles. The monoisotopic (exact) mass is 625 g/mol. The zero-order chi connectivity index (χ0) is 31.8. The largest absolute Gasteiger partial charge is 0.463 e. The van der Waals surface area contributed by atoms with Crippen molar-refractivity contribution in [2.24, 2.45) is 0 Å². The van der Waals surface area contributed by atoms with Crippen molar-refractivity contribution in [2.45, 2.75) is 70.4 Å². The fourth-order valence-electron chi connectivity index (χ4n) is 7.04. The van der Waals surface area contributed by atoms with Crippen LogP contribution < -0.4 is 14.5 Å². The molecule has 46 heavy (non-hydrogen) atoms. The average Bonchev–Trinajstić information content (AvgIpc) is 3.03. The molecule has 0 aliphatic carbocycles. The fourth-order valence-corrected chi connectivity index (χ4v) is 7.04. The summed E-state index contributed by atoms with van der Waals surface area (Å²) in [5, 5.41) is 12.1. The molecule has 0 saturated carbocycles. The van der Waals surface area contributed by atoms with E-state index in [-0.39, 0.29) is 18.6 Å². The lowest BCUT2D eigenvalue weighted by Crippen LogP contribution is -2.70. The lowest BCUT2D eigenvalue weighted by atomic mass is 9.95. The van der Waals surface area contributed by atoms with Gasteiger partial charge >= 0.3 is 12.1 Å². The molecular formula is C35H43N7O4. The van der Waals surface area contributed by atoms with Crippen LogP contribution in [0.15, 0.2) is 42.5 Å². The number of amides is 1. The molecule has 2 unspecified atom stereocenters. The standard InChI is InChI=1S/C35H43N7O4/c1-35(2,3)46-34(43)42-18-17-41(20-25(42)12-14-36)32-27-13-16-40(29-11-6-9-24-8-4-5-10-26(24)29)21-28(27)37-33(38-32)44-19-7-15-39-22-31-30(39)23-45-31/h4-6,8-11,25,30-31H,7,12-13,15-23H2,1-3H3/t25?,30?,31-/m1/s1. The van der Waals surface area contributed by atoms with E-state index in [9.17, 15) is 10.1 Å². The summed E-state index contributed by atoms with van der Waals surface area (Å²) in [7, 11) is 0. The SMILES string of the molecule is CC(C)(C)OC(=O)N1CCN(c2nc(OCCCN3C[C@H]4OCC43)nc3c2CCN(c2cccc4ccccc24)C3)CC1CC#N. The summed E-state index contributed by atoms with van der Waals surface area (Å²) in [4.78, 5) is 31.8. The van der Waals surface area contributed by atoms with Gasteiger partial charge in [0, 0.05) is 55.9 Å². The Bertz CT molecular complexity index is 1630. The number of ether oxygens (including phenoxy) is 3. The van der Waals surface area contributed by atoms with E-state index in [1.54, 1.807) is 4.90 Å². The summed E-state index contributed by atoms with van der Waals surface area (Å²) >= 11 is 0. The summed E-state index contributed by atoms with van der Waals surface area (Å²) in [6.45, 7) is 11.9. The quantitative estimate of drug-likeness (QED) is 0.335. The van der Waals surface area contributed by atoms with Gasteiger partial charge in [-0.3, -0.25) is 4.90 Å². The molecule has 4 aliphatic rings. The predicted molar refractivity (Wildman–Crippen MR) is 175 cm³/mol. The second-order valence-electron chi connectivity index (χ2n) is 13.7. The Labute approximate surface area is 270 Å². The number of fused-ring (bicyclic) bond motifs is 3. The van der Waals surface area contributed by atoms with Crippen molar-refractivity contribution in [3.8, 4) is 12.1 Å². The summed E-state index contributed by atoms with van der Waals surface area (Å²) in [6, 6.07) is 17.9. The maximum absolute atomic E-state index is 13.1. The maximum atomic E-state index is 13.1. The number of morpholine rings is 1. The summed E-state index contributed by atoms with van der Waals surface area (Å²) in [6.07, 6.45) is 1.93. The van der Waals surface area contributed by atoms with Gasteiger partial charge in [-0.05, 0) is 45.1 Å². The Hall–Kier alpha value is -4.14. The van der Waals surface area contributed by atoms with E-state index in [0.717, 1.165) is 56.2 Å². The zero-order valence-corrected chi connectivity index (χ0v) is 27.0. The molecule has 11 nitrogen and oxygen atoms in total. The van der Waals surface area contributed by atoms with Gasteiger partial charge in [-0.25, -0.2) is 4.79 Å². The topological polar surface area (TPSA) is 107 Å². The molecule has 3 atom stereocenters. The molecule has 1 amide bonds. The van der Waals surface area contributed by atoms with Crippen molar-refractivity contribution in [2.75, 3.05) is 62.3 Å². The molecule has 3 aromatic rings. The first-order valence-corrected chi connectivity index (χ1v) is 16.5. The number of carbonyl (C=O) groups excluding carboxylic acids is 1. The van der Waals surface area contributed by atoms with E-state index in [4.69, 9.17) is 24.2 Å². The van der Waals surface area contributed by atoms with Crippen LogP contribution >= 0.6 is 0 Å². The van der Waals surface area contributed by atoms with Crippen molar-refractivity contribution < 1.29 is 19.0 Å². The third kappa shape index (κ3) is 6.16. The summed E-state index contributed by atoms with van der Waals surface area (Å²) in [5.41, 5.74) is 2.66. The Morgan fingerprint density at radius 1 is 1.07 bits per heavy atom. The van der Waals surface area contributed by atoms with Crippen molar-refractivity contribution >= 4 is 28.4 Å². The number of hydrogen-bond acceptors (Lipinski definition) is 10. The molecule has 0 N–H and O–H groups in total. The molecule has 4 aliphatic heterocycles. The number of benzene rings is 2. The highest BCUT2D eigenvalue weighted by molar-refractivity contribution is 5.94. The molecule has 5 heterocycles. The van der Waals surface area contributed by atoms with Crippen LogP contribution in [-0.4, -0.2) is 102 Å². The Balaban J connectivity index is 1.13. The molecule has 7 rings (SSSR count). The van der Waals surface area contributed by atoms with E-state index in [0.29, 0.717) is 50.9 Å². The van der Waals surface area contributed by atoms with Crippen molar-refractivity contribution in [1.29, 1.82) is 5.26 Å². The van der Waals surface area contributed by atoms with Crippen LogP contribution in [-0.2, 0) is 22.4 Å². The minimum Gasteiger partial charge on any atom is -0.463 e. The third-order valence-electron chi connectivity index (χ3n) is 9.48. The molecule has 0 spiro atoms. The summed E-state index contributed by atoms with van der Waals surface area (Å²) in [5.74, 6) is 0.849. The molecule has 1 aromatic heterocycles. The van der Waals surface area contributed by atoms with Crippen LogP contribution in [0, 0.1) is 11.3 Å². The number of nitrogens with zero attached hydrogens (tertiary/aromatic N) is 7. The first kappa shape index (κ1) is 30.5. The van der Waals surface area contributed by atoms with Gasteiger partial charge in [-0.2, -0.15) is 15.2 Å². The van der Waals surface area contributed by atoms with Crippen LogP contribution in [0.2, 0.25) is 0 Å². The van der Waals surface area contributed by atoms with E-state index in [1.807, 2.05) is 20.8 Å². The third-order valence-corrected chi connectivity index (χ3v) is 9.48. The highest BCUT2D eigenvalue weighted by atomic mass is 16.6. The van der Waals surface area contributed by atoms with Gasteiger partial charge < -0.3 is 28.9 Å². The number of nitriles is 1. The zero-order valence-electron chi connectivity index (χ0n) is 27.0. The van der Waals surface area contributed by atoms with Crippen molar-refractivity contribution in [1.82, 2.24) is 19.8 Å². The highest BCUT2D eigenvalue weighted by Crippen LogP contribution is 2.35. The number of carbonyl (C=O) groups is 1. The van der Waals surface area contributed by atoms with Crippen molar-refractivity contribution in [3.05, 3.63) is 53.7 Å².